The highest BCUT2D eigenvalue weighted by molar-refractivity contribution is 6.45. The Morgan fingerprint density at radius 1 is 1.09 bits per heavy atom. The van der Waals surface area contributed by atoms with Crippen molar-refractivity contribution in [3.63, 3.8) is 0 Å². The number of allylic oxidation sites excluding steroid dienone is 3. The zero-order valence-corrected chi connectivity index (χ0v) is 25.8. The summed E-state index contributed by atoms with van der Waals surface area (Å²) >= 11 is 0. The van der Waals surface area contributed by atoms with Crippen molar-refractivity contribution in [2.75, 3.05) is 6.54 Å². The third kappa shape index (κ3) is 5.82. The Hall–Kier alpha value is -3.14. The molecule has 44 heavy (non-hydrogen) atoms. The standard InChI is InChI=1S/C26H36B5FN4O8/c1-2-3-4-17-16(13-35(20(17)38)22(27)8-7-19(37)34-21(22)39)11-33-10-15-6-5-14(9-18(15)32)12-36-23(28,29)24(30,40)44-25(31,41)26(36,42)43/h2-6,9,11,33,40-43H,7-8,10,12-13,27-31H2,1H3,(H,34,37,39)/b3-2-,16-11+,17-4+. The number of nitrogens with zero attached hydrogens (tertiary/aromatic N) is 2. The van der Waals surface area contributed by atoms with Crippen LogP contribution >= 0.6 is 0 Å². The third-order valence-corrected chi connectivity index (χ3v) is 9.02. The molecule has 230 valence electrons. The molecule has 3 saturated heterocycles. The second-order valence-corrected chi connectivity index (χ2v) is 12.5. The summed E-state index contributed by atoms with van der Waals surface area (Å²) in [5, 5.41) is 46.9. The van der Waals surface area contributed by atoms with Crippen LogP contribution in [0.2, 0.25) is 0 Å². The topological polar surface area (TPSA) is 172 Å². The van der Waals surface area contributed by atoms with Crippen molar-refractivity contribution < 1.29 is 43.9 Å². The fraction of sp³-hybridized carbons (Fsp3) is 0.423. The number of ether oxygens (including phenoxy) is 1. The number of nitrogens with one attached hydrogen (secondary N) is 2. The van der Waals surface area contributed by atoms with Gasteiger partial charge in [0.05, 0.1) is 5.44 Å². The zero-order valence-electron chi connectivity index (χ0n) is 25.8. The zero-order chi connectivity index (χ0) is 32.9. The van der Waals surface area contributed by atoms with Crippen molar-refractivity contribution in [2.24, 2.45) is 0 Å². The van der Waals surface area contributed by atoms with E-state index in [4.69, 9.17) is 4.74 Å². The van der Waals surface area contributed by atoms with E-state index in [9.17, 15) is 34.8 Å². The summed E-state index contributed by atoms with van der Waals surface area (Å²) in [6.45, 7) is 1.71. The predicted octanol–water partition coefficient (Wildman–Crippen LogP) is -6.14. The van der Waals surface area contributed by atoms with Crippen LogP contribution in [-0.4, -0.2) is 122 Å². The molecule has 0 aliphatic carbocycles. The molecule has 18 heteroatoms. The molecule has 3 fully saturated rings. The minimum atomic E-state index is -2.92. The summed E-state index contributed by atoms with van der Waals surface area (Å²) in [7, 11) is 6.93. The number of morpholine rings is 1. The number of aliphatic hydroxyl groups is 4. The SMILES string of the molecule is BC1(N2CC(=C\NCc3ccc(CN4C(B)(B)C(B)(O)OC(B)(O)C4(O)O)cc3F)/C(=C\C=C/C)C2=O)CCC(=O)NC1=O. The fourth-order valence-electron chi connectivity index (χ4n) is 5.63. The lowest BCUT2D eigenvalue weighted by atomic mass is 9.49. The first-order valence-corrected chi connectivity index (χ1v) is 14.4. The summed E-state index contributed by atoms with van der Waals surface area (Å²) < 4.78 is 20.4. The number of hydrogen-bond donors (Lipinski definition) is 6. The van der Waals surface area contributed by atoms with Gasteiger partial charge in [0.2, 0.25) is 11.8 Å². The average molecular weight is 606 g/mol. The van der Waals surface area contributed by atoms with Crippen LogP contribution in [0.15, 0.2) is 53.8 Å². The number of rotatable bonds is 7. The molecular weight excluding hydrogens is 569 g/mol. The van der Waals surface area contributed by atoms with E-state index in [0.717, 1.165) is 12.7 Å². The number of halogens is 1. The maximum Gasteiger partial charge on any atom is 0.271 e. The van der Waals surface area contributed by atoms with Crippen LogP contribution in [0.25, 0.3) is 0 Å². The predicted molar refractivity (Wildman–Crippen MR) is 170 cm³/mol. The molecule has 3 aliphatic heterocycles. The Bertz CT molecular complexity index is 1440. The van der Waals surface area contributed by atoms with E-state index in [1.165, 1.54) is 40.6 Å². The Labute approximate surface area is 259 Å². The second-order valence-electron chi connectivity index (χ2n) is 12.5. The molecule has 0 spiro atoms. The van der Waals surface area contributed by atoms with Gasteiger partial charge in [0.15, 0.2) is 21.4 Å². The summed E-state index contributed by atoms with van der Waals surface area (Å²) in [6.07, 6.45) is 7.02. The van der Waals surface area contributed by atoms with Gasteiger partial charge in [-0.15, -0.1) is 0 Å². The van der Waals surface area contributed by atoms with Crippen molar-refractivity contribution in [1.82, 2.24) is 20.4 Å². The van der Waals surface area contributed by atoms with Gasteiger partial charge in [-0.1, -0.05) is 24.3 Å². The van der Waals surface area contributed by atoms with Crippen LogP contribution in [0, 0.1) is 5.82 Å². The number of carbonyl (C=O) groups excluding carboxylic acids is 3. The van der Waals surface area contributed by atoms with Gasteiger partial charge < -0.3 is 35.4 Å². The van der Waals surface area contributed by atoms with E-state index in [1.807, 2.05) is 0 Å². The average Bonchev–Trinajstić information content (AvgIpc) is 3.23. The summed E-state index contributed by atoms with van der Waals surface area (Å²) in [4.78, 5) is 40.3. The number of carbonyl (C=O) groups is 3. The minimum Gasteiger partial charge on any atom is -0.386 e. The van der Waals surface area contributed by atoms with Crippen molar-refractivity contribution >= 4 is 57.0 Å². The van der Waals surface area contributed by atoms with Crippen LogP contribution in [0.5, 0.6) is 0 Å². The van der Waals surface area contributed by atoms with Gasteiger partial charge >= 0.3 is 0 Å². The van der Waals surface area contributed by atoms with E-state index >= 15 is 4.39 Å². The fourth-order valence-corrected chi connectivity index (χ4v) is 5.63. The van der Waals surface area contributed by atoms with Crippen molar-refractivity contribution in [3.05, 3.63) is 70.7 Å². The molecule has 0 bridgehead atoms. The summed E-state index contributed by atoms with van der Waals surface area (Å²) in [6, 6.07) is 4.32. The molecule has 3 aliphatic rings. The normalized spacial score (nSPS) is 32.5. The Kier molecular flexibility index (Phi) is 8.94. The van der Waals surface area contributed by atoms with Crippen LogP contribution < -0.4 is 10.6 Å². The van der Waals surface area contributed by atoms with E-state index in [2.05, 4.69) is 10.6 Å². The molecule has 3 heterocycles. The lowest BCUT2D eigenvalue weighted by Gasteiger charge is -2.62. The number of benzene rings is 1. The molecule has 6 N–H and O–H groups in total. The van der Waals surface area contributed by atoms with Gasteiger partial charge in [-0.3, -0.25) is 24.6 Å². The van der Waals surface area contributed by atoms with E-state index in [0.29, 0.717) is 16.7 Å². The Morgan fingerprint density at radius 2 is 1.77 bits per heavy atom. The van der Waals surface area contributed by atoms with Crippen LogP contribution in [-0.2, 0) is 32.2 Å². The highest BCUT2D eigenvalue weighted by Crippen LogP contribution is 2.41. The number of imide groups is 1. The van der Waals surface area contributed by atoms with Gasteiger partial charge in [0, 0.05) is 48.7 Å². The molecule has 3 amide bonds. The molecule has 1 aromatic carbocycles. The highest BCUT2D eigenvalue weighted by Gasteiger charge is 2.65. The molecule has 0 aromatic heterocycles. The highest BCUT2D eigenvalue weighted by atomic mass is 19.1. The molecule has 3 atom stereocenters. The summed E-state index contributed by atoms with van der Waals surface area (Å²) in [5.41, 5.74) is -4.18. The molecule has 0 radical (unpaired) electrons. The van der Waals surface area contributed by atoms with E-state index in [1.54, 1.807) is 45.3 Å². The molecule has 4 rings (SSSR count). The van der Waals surface area contributed by atoms with Crippen molar-refractivity contribution in [3.8, 4) is 0 Å². The Morgan fingerprint density at radius 3 is 2.39 bits per heavy atom. The first-order chi connectivity index (χ1) is 20.3. The number of likely N-dealkylation sites (tertiary alicyclic amines) is 1. The monoisotopic (exact) mass is 606 g/mol. The van der Waals surface area contributed by atoms with Crippen LogP contribution in [0.4, 0.5) is 4.39 Å². The largest absolute Gasteiger partial charge is 0.386 e. The van der Waals surface area contributed by atoms with Crippen LogP contribution in [0.3, 0.4) is 0 Å². The van der Waals surface area contributed by atoms with Gasteiger partial charge in [-0.25, -0.2) is 4.39 Å². The molecule has 12 nitrogen and oxygen atoms in total. The number of piperidine rings is 1. The lowest BCUT2D eigenvalue weighted by Crippen LogP contribution is -2.84. The van der Waals surface area contributed by atoms with Crippen molar-refractivity contribution in [1.29, 1.82) is 0 Å². The molecule has 3 unspecified atom stereocenters. The third-order valence-electron chi connectivity index (χ3n) is 9.02. The maximum atomic E-state index is 15.2. The minimum absolute atomic E-state index is 0.0450. The van der Waals surface area contributed by atoms with Gasteiger partial charge in [0.1, 0.15) is 35.0 Å². The lowest BCUT2D eigenvalue weighted by molar-refractivity contribution is -0.467. The number of hydrogen-bond acceptors (Lipinski definition) is 10. The second kappa shape index (κ2) is 11.7. The van der Waals surface area contributed by atoms with Gasteiger partial charge in [0.25, 0.3) is 11.8 Å². The van der Waals surface area contributed by atoms with E-state index in [-0.39, 0.29) is 49.9 Å². The first kappa shape index (κ1) is 33.8. The first-order valence-electron chi connectivity index (χ1n) is 14.4. The van der Waals surface area contributed by atoms with E-state index < -0.39 is 39.8 Å². The van der Waals surface area contributed by atoms with Gasteiger partial charge in [-0.05, 0) is 36.6 Å². The Balaban J connectivity index is 1.52. The molecule has 0 saturated carbocycles. The molecule has 1 aromatic rings. The van der Waals surface area contributed by atoms with Crippen molar-refractivity contribution in [2.45, 2.75) is 60.9 Å². The summed E-state index contributed by atoms with van der Waals surface area (Å²) in [5.74, 6) is -4.78. The molecular formula is C26H36B5FN4O8. The number of amides is 3. The van der Waals surface area contributed by atoms with Crippen LogP contribution in [0.1, 0.15) is 30.9 Å². The maximum absolute atomic E-state index is 15.2. The smallest absolute Gasteiger partial charge is 0.271 e. The van der Waals surface area contributed by atoms with Gasteiger partial charge in [-0.2, -0.15) is 0 Å². The quantitative estimate of drug-likeness (QED) is 0.0761.